The minimum atomic E-state index is -3.44. The molecule has 0 saturated heterocycles. The summed E-state index contributed by atoms with van der Waals surface area (Å²) in [6.45, 7) is 0. The zero-order valence-electron chi connectivity index (χ0n) is 7.43. The second-order valence-electron chi connectivity index (χ2n) is 2.88. The zero-order valence-corrected chi connectivity index (χ0v) is 9.00. The third-order valence-electron chi connectivity index (χ3n) is 1.66. The Morgan fingerprint density at radius 2 is 2.21 bits per heavy atom. The highest BCUT2D eigenvalue weighted by atomic mass is 35.5. The predicted molar refractivity (Wildman–Crippen MR) is 55.4 cm³/mol. The van der Waals surface area contributed by atoms with E-state index in [1.54, 1.807) is 24.4 Å². The first-order valence-electron chi connectivity index (χ1n) is 4.04. The average molecular weight is 235 g/mol. The van der Waals surface area contributed by atoms with Gasteiger partial charge in [0.15, 0.2) is 0 Å². The maximum atomic E-state index is 10.7. The van der Waals surface area contributed by atoms with Crippen molar-refractivity contribution in [3.05, 3.63) is 30.1 Å². The van der Waals surface area contributed by atoms with Gasteiger partial charge in [-0.2, -0.15) is 0 Å². The van der Waals surface area contributed by atoms with Gasteiger partial charge in [-0.1, -0.05) is 6.07 Å². The Morgan fingerprint density at radius 3 is 2.71 bits per heavy atom. The number of sulfonamides is 1. The third kappa shape index (κ3) is 4.04. The quantitative estimate of drug-likeness (QED) is 0.792. The van der Waals surface area contributed by atoms with Crippen molar-refractivity contribution in [3.63, 3.8) is 0 Å². The first-order chi connectivity index (χ1) is 6.49. The highest BCUT2D eigenvalue weighted by molar-refractivity contribution is 7.89. The van der Waals surface area contributed by atoms with Gasteiger partial charge in [0, 0.05) is 6.20 Å². The molecule has 0 aromatic carbocycles. The first kappa shape index (κ1) is 11.4. The molecule has 78 valence electrons. The van der Waals surface area contributed by atoms with Crippen molar-refractivity contribution < 1.29 is 8.42 Å². The van der Waals surface area contributed by atoms with Crippen LogP contribution in [0.15, 0.2) is 24.4 Å². The zero-order chi connectivity index (χ0) is 10.6. The summed E-state index contributed by atoms with van der Waals surface area (Å²) in [5.74, 6) is -0.127. The summed E-state index contributed by atoms with van der Waals surface area (Å²) in [5, 5.41) is 4.45. The Morgan fingerprint density at radius 1 is 1.50 bits per heavy atom. The molecule has 1 atom stereocenters. The van der Waals surface area contributed by atoms with E-state index in [2.05, 4.69) is 4.98 Å². The number of hydrogen-bond donors (Lipinski definition) is 1. The minimum Gasteiger partial charge on any atom is -0.260 e. The summed E-state index contributed by atoms with van der Waals surface area (Å²) >= 11 is 5.93. The van der Waals surface area contributed by atoms with Crippen molar-refractivity contribution in [1.29, 1.82) is 0 Å². The molecule has 0 aliphatic carbocycles. The molecule has 0 radical (unpaired) electrons. The van der Waals surface area contributed by atoms with E-state index in [0.717, 1.165) is 0 Å². The van der Waals surface area contributed by atoms with E-state index in [9.17, 15) is 8.42 Å². The molecule has 1 unspecified atom stereocenters. The van der Waals surface area contributed by atoms with Gasteiger partial charge in [-0.25, -0.2) is 13.6 Å². The molecule has 1 aromatic rings. The smallest absolute Gasteiger partial charge is 0.209 e. The summed E-state index contributed by atoms with van der Waals surface area (Å²) in [7, 11) is -3.44. The van der Waals surface area contributed by atoms with E-state index in [1.807, 2.05) is 0 Å². The van der Waals surface area contributed by atoms with Crippen LogP contribution in [0.5, 0.6) is 0 Å². The van der Waals surface area contributed by atoms with Gasteiger partial charge >= 0.3 is 0 Å². The van der Waals surface area contributed by atoms with Crippen molar-refractivity contribution in [2.45, 2.75) is 11.8 Å². The molecular weight excluding hydrogens is 224 g/mol. The predicted octanol–water partition coefficient (Wildman–Crippen LogP) is 1.04. The second kappa shape index (κ2) is 4.72. The van der Waals surface area contributed by atoms with E-state index in [4.69, 9.17) is 16.7 Å². The lowest BCUT2D eigenvalue weighted by Gasteiger charge is -2.06. The molecule has 0 aliphatic rings. The van der Waals surface area contributed by atoms with Crippen LogP contribution in [0, 0.1) is 0 Å². The first-order valence-corrected chi connectivity index (χ1v) is 6.20. The molecule has 14 heavy (non-hydrogen) atoms. The third-order valence-corrected chi connectivity index (χ3v) is 2.91. The lowest BCUT2D eigenvalue weighted by atomic mass is 10.2. The highest BCUT2D eigenvalue weighted by Crippen LogP contribution is 2.21. The van der Waals surface area contributed by atoms with Gasteiger partial charge in [0.25, 0.3) is 0 Å². The Labute approximate surface area is 88.1 Å². The van der Waals surface area contributed by atoms with Crippen LogP contribution in [0.3, 0.4) is 0 Å². The van der Waals surface area contributed by atoms with Crippen molar-refractivity contribution >= 4 is 21.6 Å². The molecule has 0 saturated carbocycles. The molecule has 0 aliphatic heterocycles. The molecule has 6 heteroatoms. The molecule has 1 heterocycles. The number of nitrogens with two attached hydrogens (primary N) is 1. The molecule has 0 bridgehead atoms. The Balaban J connectivity index is 2.56. The molecule has 0 fully saturated rings. The van der Waals surface area contributed by atoms with Crippen LogP contribution in [0.2, 0.25) is 0 Å². The summed E-state index contributed by atoms with van der Waals surface area (Å²) in [6.07, 6.45) is 1.89. The summed E-state index contributed by atoms with van der Waals surface area (Å²) in [4.78, 5) is 4.01. The number of primary sulfonamides is 1. The standard InChI is InChI=1S/C8H11ClN2O2S/c9-7(4-6-14(10,12)13)8-3-1-2-5-11-8/h1-3,5,7H,4,6H2,(H2,10,12,13). The van der Waals surface area contributed by atoms with Crippen LogP contribution in [-0.4, -0.2) is 19.2 Å². The largest absolute Gasteiger partial charge is 0.260 e. The highest BCUT2D eigenvalue weighted by Gasteiger charge is 2.12. The van der Waals surface area contributed by atoms with E-state index in [1.165, 1.54) is 0 Å². The number of aromatic nitrogens is 1. The van der Waals surface area contributed by atoms with Crippen molar-refractivity contribution in [3.8, 4) is 0 Å². The molecule has 2 N–H and O–H groups in total. The Hall–Kier alpha value is -0.650. The van der Waals surface area contributed by atoms with Crippen LogP contribution in [0.1, 0.15) is 17.5 Å². The molecule has 4 nitrogen and oxygen atoms in total. The fraction of sp³-hybridized carbons (Fsp3) is 0.375. The SMILES string of the molecule is NS(=O)(=O)CCC(Cl)c1ccccn1. The Kier molecular flexibility index (Phi) is 3.86. The van der Waals surface area contributed by atoms with E-state index < -0.39 is 15.4 Å². The molecule has 1 rings (SSSR count). The van der Waals surface area contributed by atoms with Gasteiger partial charge in [0.1, 0.15) is 0 Å². The van der Waals surface area contributed by atoms with Crippen LogP contribution >= 0.6 is 11.6 Å². The van der Waals surface area contributed by atoms with E-state index in [0.29, 0.717) is 5.69 Å². The molecule has 0 spiro atoms. The van der Waals surface area contributed by atoms with Crippen molar-refractivity contribution in [2.24, 2.45) is 5.14 Å². The normalized spacial score (nSPS) is 13.9. The van der Waals surface area contributed by atoms with Crippen LogP contribution < -0.4 is 5.14 Å². The van der Waals surface area contributed by atoms with Crippen LogP contribution in [0.25, 0.3) is 0 Å². The van der Waals surface area contributed by atoms with Crippen molar-refractivity contribution in [1.82, 2.24) is 4.98 Å². The lowest BCUT2D eigenvalue weighted by molar-refractivity contribution is 0.594. The van der Waals surface area contributed by atoms with Crippen LogP contribution in [-0.2, 0) is 10.0 Å². The molecule has 1 aromatic heterocycles. The van der Waals surface area contributed by atoms with Gasteiger partial charge in [-0.3, -0.25) is 4.98 Å². The van der Waals surface area contributed by atoms with E-state index >= 15 is 0 Å². The average Bonchev–Trinajstić information content (AvgIpc) is 2.14. The van der Waals surface area contributed by atoms with Crippen molar-refractivity contribution in [2.75, 3.05) is 5.75 Å². The molecular formula is C8H11ClN2O2S. The van der Waals surface area contributed by atoms with Crippen LogP contribution in [0.4, 0.5) is 0 Å². The lowest BCUT2D eigenvalue weighted by Crippen LogP contribution is -2.17. The van der Waals surface area contributed by atoms with Gasteiger partial charge in [0.2, 0.25) is 10.0 Å². The fourth-order valence-electron chi connectivity index (χ4n) is 0.977. The Bertz CT molecular complexity index is 380. The van der Waals surface area contributed by atoms with E-state index in [-0.39, 0.29) is 12.2 Å². The summed E-state index contributed by atoms with van der Waals surface area (Å²) in [5.41, 5.74) is 0.665. The number of hydrogen-bond acceptors (Lipinski definition) is 3. The number of rotatable bonds is 4. The number of alkyl halides is 1. The number of nitrogens with zero attached hydrogens (tertiary/aromatic N) is 1. The molecule has 0 amide bonds. The monoisotopic (exact) mass is 234 g/mol. The maximum absolute atomic E-state index is 10.7. The topological polar surface area (TPSA) is 73.1 Å². The second-order valence-corrected chi connectivity index (χ2v) is 5.14. The number of pyridine rings is 1. The maximum Gasteiger partial charge on any atom is 0.209 e. The summed E-state index contributed by atoms with van der Waals surface area (Å²) in [6, 6.07) is 5.32. The van der Waals surface area contributed by atoms with Gasteiger partial charge in [0.05, 0.1) is 16.8 Å². The fourth-order valence-corrected chi connectivity index (χ4v) is 1.91. The van der Waals surface area contributed by atoms with Gasteiger partial charge < -0.3 is 0 Å². The number of halogens is 1. The van der Waals surface area contributed by atoms with Gasteiger partial charge in [-0.05, 0) is 18.6 Å². The summed E-state index contributed by atoms with van der Waals surface area (Å²) < 4.78 is 21.3. The van der Waals surface area contributed by atoms with Gasteiger partial charge in [-0.15, -0.1) is 11.6 Å². The minimum absolute atomic E-state index is 0.127.